The summed E-state index contributed by atoms with van der Waals surface area (Å²) in [6.07, 6.45) is 5.65. The van der Waals surface area contributed by atoms with Crippen LogP contribution in [0.15, 0.2) is 41.0 Å². The average molecular weight is 241 g/mol. The highest BCUT2D eigenvalue weighted by molar-refractivity contribution is 5.39. The molecule has 1 aliphatic carbocycles. The molecular formula is C16H19NO. The van der Waals surface area contributed by atoms with Crippen molar-refractivity contribution in [2.24, 2.45) is 5.73 Å². The van der Waals surface area contributed by atoms with Gasteiger partial charge in [-0.3, -0.25) is 0 Å². The van der Waals surface area contributed by atoms with Crippen LogP contribution in [-0.2, 0) is 0 Å². The molecule has 1 saturated carbocycles. The van der Waals surface area contributed by atoms with Crippen molar-refractivity contribution in [3.05, 3.63) is 59.0 Å². The molecule has 3 rings (SSSR count). The van der Waals surface area contributed by atoms with E-state index in [1.165, 1.54) is 30.4 Å². The molecule has 0 aliphatic heterocycles. The second-order valence-electron chi connectivity index (χ2n) is 5.20. The molecule has 0 bridgehead atoms. The number of hydrogen-bond donors (Lipinski definition) is 1. The maximum absolute atomic E-state index is 6.39. The monoisotopic (exact) mass is 241 g/mol. The van der Waals surface area contributed by atoms with Gasteiger partial charge in [-0.15, -0.1) is 0 Å². The number of aryl methyl sites for hydroxylation is 1. The molecule has 1 heterocycles. The van der Waals surface area contributed by atoms with Crippen molar-refractivity contribution in [3.63, 3.8) is 0 Å². The van der Waals surface area contributed by atoms with E-state index >= 15 is 0 Å². The SMILES string of the molecule is Cc1ccoc1C(N)c1ccccc1C1CCC1. The van der Waals surface area contributed by atoms with E-state index in [2.05, 4.69) is 24.3 Å². The summed E-state index contributed by atoms with van der Waals surface area (Å²) in [6, 6.07) is 10.4. The van der Waals surface area contributed by atoms with E-state index in [4.69, 9.17) is 10.2 Å². The zero-order chi connectivity index (χ0) is 12.5. The maximum atomic E-state index is 6.39. The highest BCUT2D eigenvalue weighted by Crippen LogP contribution is 2.40. The molecule has 2 heteroatoms. The summed E-state index contributed by atoms with van der Waals surface area (Å²) < 4.78 is 5.54. The van der Waals surface area contributed by atoms with Gasteiger partial charge < -0.3 is 10.2 Å². The molecule has 2 N–H and O–H groups in total. The minimum Gasteiger partial charge on any atom is -0.467 e. The van der Waals surface area contributed by atoms with E-state index in [0.29, 0.717) is 5.92 Å². The van der Waals surface area contributed by atoms with Crippen molar-refractivity contribution < 1.29 is 4.42 Å². The topological polar surface area (TPSA) is 39.2 Å². The molecule has 0 radical (unpaired) electrons. The summed E-state index contributed by atoms with van der Waals surface area (Å²) >= 11 is 0. The zero-order valence-corrected chi connectivity index (χ0v) is 10.7. The van der Waals surface area contributed by atoms with Crippen molar-refractivity contribution >= 4 is 0 Å². The van der Waals surface area contributed by atoms with Crippen LogP contribution in [0.3, 0.4) is 0 Å². The summed E-state index contributed by atoms with van der Waals surface area (Å²) in [5.41, 5.74) is 10.1. The van der Waals surface area contributed by atoms with Crippen LogP contribution >= 0.6 is 0 Å². The average Bonchev–Trinajstić information content (AvgIpc) is 2.73. The van der Waals surface area contributed by atoms with Crippen molar-refractivity contribution in [1.29, 1.82) is 0 Å². The van der Waals surface area contributed by atoms with Crippen molar-refractivity contribution in [2.45, 2.75) is 38.1 Å². The van der Waals surface area contributed by atoms with E-state index in [0.717, 1.165) is 11.3 Å². The number of rotatable bonds is 3. The standard InChI is InChI=1S/C16H19NO/c1-11-9-10-18-16(11)15(17)14-8-3-2-7-13(14)12-5-4-6-12/h2-3,7-10,12,15H,4-6,17H2,1H3. The Morgan fingerprint density at radius 3 is 2.61 bits per heavy atom. The number of furan rings is 1. The van der Waals surface area contributed by atoms with Gasteiger partial charge in [-0.05, 0) is 48.4 Å². The Kier molecular flexibility index (Phi) is 2.96. The molecule has 94 valence electrons. The first-order chi connectivity index (χ1) is 8.77. The third-order valence-corrected chi connectivity index (χ3v) is 4.06. The molecule has 2 aromatic rings. The molecule has 1 aliphatic rings. The molecule has 1 aromatic heterocycles. The largest absolute Gasteiger partial charge is 0.467 e. The highest BCUT2D eigenvalue weighted by Gasteiger charge is 2.25. The predicted molar refractivity (Wildman–Crippen MR) is 72.5 cm³/mol. The molecule has 1 unspecified atom stereocenters. The summed E-state index contributed by atoms with van der Waals surface area (Å²) in [4.78, 5) is 0. The van der Waals surface area contributed by atoms with Crippen LogP contribution in [0.5, 0.6) is 0 Å². The van der Waals surface area contributed by atoms with Gasteiger partial charge in [0.05, 0.1) is 12.3 Å². The van der Waals surface area contributed by atoms with Gasteiger partial charge in [-0.1, -0.05) is 30.7 Å². The first kappa shape index (κ1) is 11.5. The normalized spacial score (nSPS) is 17.4. The molecule has 2 nitrogen and oxygen atoms in total. The van der Waals surface area contributed by atoms with Crippen LogP contribution in [0, 0.1) is 6.92 Å². The van der Waals surface area contributed by atoms with Crippen molar-refractivity contribution in [1.82, 2.24) is 0 Å². The van der Waals surface area contributed by atoms with E-state index in [1.54, 1.807) is 6.26 Å². The number of nitrogens with two attached hydrogens (primary N) is 1. The second kappa shape index (κ2) is 4.62. The van der Waals surface area contributed by atoms with Crippen molar-refractivity contribution in [3.8, 4) is 0 Å². The molecule has 18 heavy (non-hydrogen) atoms. The molecule has 0 saturated heterocycles. The minimum absolute atomic E-state index is 0.142. The molecule has 1 fully saturated rings. The van der Waals surface area contributed by atoms with Gasteiger partial charge >= 0.3 is 0 Å². The lowest BCUT2D eigenvalue weighted by atomic mass is 9.77. The predicted octanol–water partition coefficient (Wildman–Crippen LogP) is 3.90. The molecule has 0 spiro atoms. The van der Waals surface area contributed by atoms with Gasteiger partial charge in [0.25, 0.3) is 0 Å². The van der Waals surface area contributed by atoms with Crippen LogP contribution in [-0.4, -0.2) is 0 Å². The van der Waals surface area contributed by atoms with E-state index in [-0.39, 0.29) is 6.04 Å². The highest BCUT2D eigenvalue weighted by atomic mass is 16.3. The van der Waals surface area contributed by atoms with Gasteiger partial charge in [0.2, 0.25) is 0 Å². The third kappa shape index (κ3) is 1.87. The summed E-state index contributed by atoms with van der Waals surface area (Å²) in [6.45, 7) is 2.05. The van der Waals surface area contributed by atoms with Crippen LogP contribution in [0.4, 0.5) is 0 Å². The maximum Gasteiger partial charge on any atom is 0.127 e. The Balaban J connectivity index is 1.98. The van der Waals surface area contributed by atoms with Crippen LogP contribution in [0.2, 0.25) is 0 Å². The van der Waals surface area contributed by atoms with E-state index < -0.39 is 0 Å². The minimum atomic E-state index is -0.142. The fraction of sp³-hybridized carbons (Fsp3) is 0.375. The molecule has 0 amide bonds. The fourth-order valence-corrected chi connectivity index (χ4v) is 2.73. The first-order valence-electron chi connectivity index (χ1n) is 6.66. The number of hydrogen-bond acceptors (Lipinski definition) is 2. The smallest absolute Gasteiger partial charge is 0.127 e. The molecular weight excluding hydrogens is 222 g/mol. The molecule has 1 aromatic carbocycles. The summed E-state index contributed by atoms with van der Waals surface area (Å²) in [7, 11) is 0. The Morgan fingerprint density at radius 1 is 1.22 bits per heavy atom. The lowest BCUT2D eigenvalue weighted by Gasteiger charge is -2.29. The van der Waals surface area contributed by atoms with Crippen LogP contribution < -0.4 is 5.73 Å². The van der Waals surface area contributed by atoms with E-state index in [1.807, 2.05) is 13.0 Å². The van der Waals surface area contributed by atoms with Gasteiger partial charge in [0.1, 0.15) is 5.76 Å². The van der Waals surface area contributed by atoms with Crippen LogP contribution in [0.1, 0.15) is 53.7 Å². The zero-order valence-electron chi connectivity index (χ0n) is 10.7. The number of benzene rings is 1. The Labute approximate surface area is 108 Å². The molecule has 1 atom stereocenters. The summed E-state index contributed by atoms with van der Waals surface area (Å²) in [5, 5.41) is 0. The first-order valence-corrected chi connectivity index (χ1v) is 6.66. The Hall–Kier alpha value is -1.54. The van der Waals surface area contributed by atoms with Crippen molar-refractivity contribution in [2.75, 3.05) is 0 Å². The lowest BCUT2D eigenvalue weighted by molar-refractivity contribution is 0.413. The van der Waals surface area contributed by atoms with Crippen LogP contribution in [0.25, 0.3) is 0 Å². The van der Waals surface area contributed by atoms with Gasteiger partial charge in [0.15, 0.2) is 0 Å². The van der Waals surface area contributed by atoms with Gasteiger partial charge in [-0.2, -0.15) is 0 Å². The van der Waals surface area contributed by atoms with Gasteiger partial charge in [0, 0.05) is 0 Å². The fourth-order valence-electron chi connectivity index (χ4n) is 2.73. The quantitative estimate of drug-likeness (QED) is 0.885. The lowest BCUT2D eigenvalue weighted by Crippen LogP contribution is -2.18. The second-order valence-corrected chi connectivity index (χ2v) is 5.20. The summed E-state index contributed by atoms with van der Waals surface area (Å²) in [5.74, 6) is 1.59. The third-order valence-electron chi connectivity index (χ3n) is 4.06. The van der Waals surface area contributed by atoms with E-state index in [9.17, 15) is 0 Å². The Bertz CT molecular complexity index is 540. The van der Waals surface area contributed by atoms with Gasteiger partial charge in [-0.25, -0.2) is 0 Å². The Morgan fingerprint density at radius 2 is 2.00 bits per heavy atom.